The van der Waals surface area contributed by atoms with Gasteiger partial charge in [0.1, 0.15) is 0 Å². The highest BCUT2D eigenvalue weighted by Gasteiger charge is 2.27. The van der Waals surface area contributed by atoms with Crippen molar-refractivity contribution in [2.24, 2.45) is 11.7 Å². The molecule has 0 spiro atoms. The molecule has 0 aliphatic carbocycles. The van der Waals surface area contributed by atoms with Crippen LogP contribution in [0.15, 0.2) is 0 Å². The third kappa shape index (κ3) is 5.15. The smallest absolute Gasteiger partial charge is 0.242 e. The first-order chi connectivity index (χ1) is 9.58. The first kappa shape index (κ1) is 18.2. The van der Waals surface area contributed by atoms with Crippen LogP contribution in [-0.2, 0) is 9.59 Å². The summed E-state index contributed by atoms with van der Waals surface area (Å²) < 4.78 is 0. The second-order valence-corrected chi connectivity index (χ2v) is 6.20. The van der Waals surface area contributed by atoms with Crippen LogP contribution in [0.25, 0.3) is 0 Å². The van der Waals surface area contributed by atoms with E-state index in [0.29, 0.717) is 12.3 Å². The van der Waals surface area contributed by atoms with Crippen LogP contribution in [0.2, 0.25) is 0 Å². The average Bonchev–Trinajstić information content (AvgIpc) is 2.64. The monoisotopic (exact) mass is 317 g/mol. The van der Waals surface area contributed by atoms with Gasteiger partial charge in [-0.2, -0.15) is 0 Å². The van der Waals surface area contributed by atoms with Crippen molar-refractivity contribution in [1.82, 2.24) is 9.80 Å². The predicted octanol–water partition coefficient (Wildman–Crippen LogP) is 1.40. The van der Waals surface area contributed by atoms with Crippen LogP contribution >= 0.6 is 12.4 Å². The minimum Gasteiger partial charge on any atom is -0.341 e. The molecular formula is C15H28ClN3O2. The third-order valence-electron chi connectivity index (χ3n) is 4.63. The van der Waals surface area contributed by atoms with E-state index < -0.39 is 0 Å². The lowest BCUT2D eigenvalue weighted by molar-refractivity contribution is -0.141. The maximum Gasteiger partial charge on any atom is 0.242 e. The molecular weight excluding hydrogens is 290 g/mol. The lowest BCUT2D eigenvalue weighted by atomic mass is 9.91. The fourth-order valence-corrected chi connectivity index (χ4v) is 3.14. The molecule has 0 aromatic heterocycles. The van der Waals surface area contributed by atoms with Gasteiger partial charge in [-0.3, -0.25) is 9.59 Å². The number of nitrogens with two attached hydrogens (primary N) is 1. The predicted molar refractivity (Wildman–Crippen MR) is 85.2 cm³/mol. The number of hydrogen-bond donors (Lipinski definition) is 1. The summed E-state index contributed by atoms with van der Waals surface area (Å²) in [6, 6.07) is 0.208. The van der Waals surface area contributed by atoms with Gasteiger partial charge in [-0.25, -0.2) is 0 Å². The summed E-state index contributed by atoms with van der Waals surface area (Å²) in [6.07, 6.45) is 5.64. The molecule has 1 atom stereocenters. The summed E-state index contributed by atoms with van der Waals surface area (Å²) in [5.41, 5.74) is 5.92. The maximum absolute atomic E-state index is 12.3. The van der Waals surface area contributed by atoms with Crippen LogP contribution in [0.5, 0.6) is 0 Å². The molecule has 0 bridgehead atoms. The van der Waals surface area contributed by atoms with Gasteiger partial charge in [0.05, 0.1) is 6.54 Å². The Bertz CT molecular complexity index is 355. The molecule has 21 heavy (non-hydrogen) atoms. The first-order valence-corrected chi connectivity index (χ1v) is 7.89. The van der Waals surface area contributed by atoms with Gasteiger partial charge in [0.25, 0.3) is 0 Å². The summed E-state index contributed by atoms with van der Waals surface area (Å²) in [6.45, 7) is 4.61. The highest BCUT2D eigenvalue weighted by atomic mass is 35.5. The molecule has 1 unspecified atom stereocenters. The van der Waals surface area contributed by atoms with Crippen LogP contribution in [0, 0.1) is 5.92 Å². The van der Waals surface area contributed by atoms with E-state index in [1.54, 1.807) is 4.90 Å². The maximum atomic E-state index is 12.3. The number of hydrogen-bond acceptors (Lipinski definition) is 3. The summed E-state index contributed by atoms with van der Waals surface area (Å²) in [5, 5.41) is 0. The second kappa shape index (κ2) is 8.59. The van der Waals surface area contributed by atoms with Crippen molar-refractivity contribution in [2.75, 3.05) is 26.2 Å². The number of halogens is 1. The number of carbonyl (C=O) groups excluding carboxylic acids is 2. The molecule has 2 amide bonds. The van der Waals surface area contributed by atoms with Crippen LogP contribution in [0.3, 0.4) is 0 Å². The van der Waals surface area contributed by atoms with E-state index in [-0.39, 0.29) is 36.8 Å². The van der Waals surface area contributed by atoms with Crippen LogP contribution in [0.1, 0.15) is 45.4 Å². The number of carbonyl (C=O) groups is 2. The van der Waals surface area contributed by atoms with Gasteiger partial charge < -0.3 is 15.5 Å². The van der Waals surface area contributed by atoms with E-state index >= 15 is 0 Å². The summed E-state index contributed by atoms with van der Waals surface area (Å²) >= 11 is 0. The Labute approximate surface area is 133 Å². The van der Waals surface area contributed by atoms with Crippen LogP contribution in [0.4, 0.5) is 0 Å². The van der Waals surface area contributed by atoms with Crippen molar-refractivity contribution < 1.29 is 9.59 Å². The highest BCUT2D eigenvalue weighted by Crippen LogP contribution is 2.20. The van der Waals surface area contributed by atoms with E-state index in [4.69, 9.17) is 5.73 Å². The largest absolute Gasteiger partial charge is 0.341 e. The van der Waals surface area contributed by atoms with Crippen molar-refractivity contribution in [1.29, 1.82) is 0 Å². The van der Waals surface area contributed by atoms with Crippen LogP contribution < -0.4 is 5.73 Å². The minimum absolute atomic E-state index is 0. The summed E-state index contributed by atoms with van der Waals surface area (Å²) in [5.74, 6) is 0.767. The lowest BCUT2D eigenvalue weighted by Crippen LogP contribution is -2.47. The molecule has 2 N–H and O–H groups in total. The second-order valence-electron chi connectivity index (χ2n) is 6.20. The zero-order valence-corrected chi connectivity index (χ0v) is 13.7. The summed E-state index contributed by atoms with van der Waals surface area (Å²) in [7, 11) is 0. The van der Waals surface area contributed by atoms with E-state index in [1.165, 1.54) is 0 Å². The fraction of sp³-hybridized carbons (Fsp3) is 0.867. The molecule has 0 saturated carbocycles. The van der Waals surface area contributed by atoms with Crippen molar-refractivity contribution in [2.45, 2.75) is 51.5 Å². The fourth-order valence-electron chi connectivity index (χ4n) is 3.14. The Balaban J connectivity index is 0.00000220. The number of likely N-dealkylation sites (tertiary alicyclic amines) is 2. The SMILES string of the molecule is CC(N)C1CCN(C(=O)CN2CCCCCC2=O)CC1.Cl. The lowest BCUT2D eigenvalue weighted by Gasteiger charge is -2.34. The zero-order valence-electron chi connectivity index (χ0n) is 12.9. The van der Waals surface area contributed by atoms with E-state index in [2.05, 4.69) is 0 Å². The van der Waals surface area contributed by atoms with Gasteiger partial charge in [0, 0.05) is 32.1 Å². The van der Waals surface area contributed by atoms with Crippen molar-refractivity contribution in [3.05, 3.63) is 0 Å². The topological polar surface area (TPSA) is 66.6 Å². The normalized spacial score (nSPS) is 22.5. The zero-order chi connectivity index (χ0) is 14.5. The van der Waals surface area contributed by atoms with Gasteiger partial charge in [0.15, 0.2) is 0 Å². The molecule has 2 rings (SSSR count). The quantitative estimate of drug-likeness (QED) is 0.855. The van der Waals surface area contributed by atoms with E-state index in [0.717, 1.165) is 51.7 Å². The standard InChI is InChI=1S/C15H27N3O2.ClH/c1-12(16)13-6-9-17(10-7-13)15(20)11-18-8-4-2-3-5-14(18)19;/h12-13H,2-11,16H2,1H3;1H. The Morgan fingerprint density at radius 1 is 1.24 bits per heavy atom. The van der Waals surface area contributed by atoms with Gasteiger partial charge in [-0.05, 0) is 38.5 Å². The van der Waals surface area contributed by atoms with Gasteiger partial charge in [-0.1, -0.05) is 6.42 Å². The van der Waals surface area contributed by atoms with Crippen molar-refractivity contribution in [3.8, 4) is 0 Å². The molecule has 0 radical (unpaired) electrons. The number of piperidine rings is 1. The third-order valence-corrected chi connectivity index (χ3v) is 4.63. The molecule has 5 nitrogen and oxygen atoms in total. The Kier molecular flexibility index (Phi) is 7.46. The number of amides is 2. The van der Waals surface area contributed by atoms with Crippen molar-refractivity contribution in [3.63, 3.8) is 0 Å². The molecule has 2 heterocycles. The van der Waals surface area contributed by atoms with Gasteiger partial charge in [-0.15, -0.1) is 12.4 Å². The Morgan fingerprint density at radius 2 is 1.90 bits per heavy atom. The Hall–Kier alpha value is -0.810. The highest BCUT2D eigenvalue weighted by molar-refractivity contribution is 5.85. The number of nitrogens with zero attached hydrogens (tertiary/aromatic N) is 2. The van der Waals surface area contributed by atoms with Crippen LogP contribution in [-0.4, -0.2) is 53.8 Å². The van der Waals surface area contributed by atoms with Gasteiger partial charge >= 0.3 is 0 Å². The molecule has 2 saturated heterocycles. The molecule has 2 aliphatic rings. The van der Waals surface area contributed by atoms with E-state index in [1.807, 2.05) is 11.8 Å². The number of rotatable bonds is 3. The molecule has 122 valence electrons. The minimum atomic E-state index is 0. The molecule has 2 aliphatic heterocycles. The molecule has 0 aromatic carbocycles. The first-order valence-electron chi connectivity index (χ1n) is 7.89. The molecule has 6 heteroatoms. The van der Waals surface area contributed by atoms with Gasteiger partial charge in [0.2, 0.25) is 11.8 Å². The summed E-state index contributed by atoms with van der Waals surface area (Å²) in [4.78, 5) is 27.9. The average molecular weight is 318 g/mol. The Morgan fingerprint density at radius 3 is 2.52 bits per heavy atom. The van der Waals surface area contributed by atoms with Crippen molar-refractivity contribution >= 4 is 24.2 Å². The van der Waals surface area contributed by atoms with E-state index in [9.17, 15) is 9.59 Å². The molecule has 2 fully saturated rings. The molecule has 0 aromatic rings.